The summed E-state index contributed by atoms with van der Waals surface area (Å²) < 4.78 is 6.97. The number of hydrogen-bond donors (Lipinski definition) is 1. The predicted octanol–water partition coefficient (Wildman–Crippen LogP) is 3.97. The molecule has 3 aromatic rings. The Morgan fingerprint density at radius 1 is 1.25 bits per heavy atom. The van der Waals surface area contributed by atoms with Gasteiger partial charge in [-0.3, -0.25) is 10.1 Å². The van der Waals surface area contributed by atoms with Crippen LogP contribution < -0.4 is 10.1 Å². The number of fused-ring (bicyclic) bond motifs is 1. The van der Waals surface area contributed by atoms with E-state index in [0.717, 1.165) is 22.6 Å². The van der Waals surface area contributed by atoms with E-state index in [4.69, 9.17) is 4.74 Å². The highest BCUT2D eigenvalue weighted by atomic mass is 32.2. The third-order valence-electron chi connectivity index (χ3n) is 4.45. The number of nitro groups is 1. The number of nitrogens with zero attached hydrogens (tertiary/aromatic N) is 4. The van der Waals surface area contributed by atoms with Crippen LogP contribution in [0.15, 0.2) is 59.8 Å². The van der Waals surface area contributed by atoms with Crippen molar-refractivity contribution in [3.05, 3.63) is 75.8 Å². The van der Waals surface area contributed by atoms with E-state index in [2.05, 4.69) is 15.4 Å². The molecule has 0 amide bonds. The highest BCUT2D eigenvalue weighted by Crippen LogP contribution is 2.34. The molecule has 0 unspecified atom stereocenters. The van der Waals surface area contributed by atoms with E-state index in [0.29, 0.717) is 11.1 Å². The topological polar surface area (TPSA) is 95.1 Å². The summed E-state index contributed by atoms with van der Waals surface area (Å²) in [7, 11) is 1.62. The van der Waals surface area contributed by atoms with Crippen LogP contribution in [0.4, 0.5) is 11.6 Å². The minimum absolute atomic E-state index is 0.0437. The number of ether oxygens (including phenoxy) is 1. The first kappa shape index (κ1) is 18.1. The molecule has 2 aromatic carbocycles. The number of hydrogen-bond acceptors (Lipinski definition) is 7. The maximum absolute atomic E-state index is 11.2. The summed E-state index contributed by atoms with van der Waals surface area (Å²) in [6.45, 7) is 0. The van der Waals surface area contributed by atoms with Crippen molar-refractivity contribution in [3.63, 3.8) is 0 Å². The van der Waals surface area contributed by atoms with Crippen molar-refractivity contribution in [1.29, 1.82) is 0 Å². The lowest BCUT2D eigenvalue weighted by Gasteiger charge is -2.24. The van der Waals surface area contributed by atoms with Gasteiger partial charge in [0.05, 0.1) is 12.0 Å². The number of rotatable bonds is 5. The third kappa shape index (κ3) is 3.31. The predicted molar refractivity (Wildman–Crippen MR) is 108 cm³/mol. The fourth-order valence-electron chi connectivity index (χ4n) is 3.06. The van der Waals surface area contributed by atoms with Gasteiger partial charge in [-0.15, -0.1) is 5.10 Å². The fraction of sp³-hybridized carbons (Fsp3) is 0.158. The molecule has 1 atom stereocenters. The maximum atomic E-state index is 11.2. The van der Waals surface area contributed by atoms with Crippen molar-refractivity contribution in [1.82, 2.24) is 14.8 Å². The lowest BCUT2D eigenvalue weighted by atomic mass is 10.0. The molecule has 9 heteroatoms. The summed E-state index contributed by atoms with van der Waals surface area (Å²) in [6.07, 6.45) is 3.90. The third-order valence-corrected chi connectivity index (χ3v) is 4.99. The van der Waals surface area contributed by atoms with Crippen LogP contribution in [-0.4, -0.2) is 33.1 Å². The van der Waals surface area contributed by atoms with Gasteiger partial charge >= 0.3 is 0 Å². The van der Waals surface area contributed by atoms with E-state index in [1.165, 1.54) is 17.8 Å². The van der Waals surface area contributed by atoms with E-state index in [1.807, 2.05) is 42.7 Å². The molecule has 0 saturated carbocycles. The SMILES string of the molecule is COc1ccc(C2=C[C@H](c3cccc([N+](=O)[O-])c3)n3nc(SC)nc3N2)cc1. The Morgan fingerprint density at radius 3 is 2.71 bits per heavy atom. The number of aromatic nitrogens is 3. The van der Waals surface area contributed by atoms with Gasteiger partial charge in [-0.2, -0.15) is 4.98 Å². The molecule has 4 rings (SSSR count). The lowest BCUT2D eigenvalue weighted by Crippen LogP contribution is -2.20. The number of non-ortho nitro benzene ring substituents is 1. The molecule has 1 aliphatic rings. The number of benzene rings is 2. The quantitative estimate of drug-likeness (QED) is 0.397. The van der Waals surface area contributed by atoms with Crippen LogP contribution in [0.2, 0.25) is 0 Å². The van der Waals surface area contributed by atoms with Crippen LogP contribution in [0.5, 0.6) is 5.75 Å². The molecule has 2 heterocycles. The molecule has 0 fully saturated rings. The number of anilines is 1. The summed E-state index contributed by atoms with van der Waals surface area (Å²) in [4.78, 5) is 15.3. The molecule has 1 N–H and O–H groups in total. The minimum Gasteiger partial charge on any atom is -0.497 e. The van der Waals surface area contributed by atoms with Crippen LogP contribution in [0.3, 0.4) is 0 Å². The highest BCUT2D eigenvalue weighted by Gasteiger charge is 2.26. The Hall–Kier alpha value is -3.33. The standard InChI is InChI=1S/C19H17N5O3S/c1-27-15-8-6-12(7-9-15)16-11-17(13-4-3-5-14(10-13)24(25)26)23-18(20-16)21-19(22-23)28-2/h3-11,17H,1-2H3,(H,20,21,22)/t17-/m1/s1. The zero-order chi connectivity index (χ0) is 19.7. The first-order valence-corrected chi connectivity index (χ1v) is 9.69. The molecule has 0 radical (unpaired) electrons. The normalized spacial score (nSPS) is 15.4. The van der Waals surface area contributed by atoms with Crippen LogP contribution >= 0.6 is 11.8 Å². The van der Waals surface area contributed by atoms with E-state index < -0.39 is 4.92 Å². The van der Waals surface area contributed by atoms with Gasteiger partial charge in [0, 0.05) is 17.8 Å². The molecular weight excluding hydrogens is 378 g/mol. The second-order valence-electron chi connectivity index (χ2n) is 6.10. The summed E-state index contributed by atoms with van der Waals surface area (Å²) >= 11 is 1.44. The van der Waals surface area contributed by atoms with E-state index in [1.54, 1.807) is 23.9 Å². The fourth-order valence-corrected chi connectivity index (χ4v) is 3.41. The maximum Gasteiger partial charge on any atom is 0.269 e. The largest absolute Gasteiger partial charge is 0.497 e. The van der Waals surface area contributed by atoms with Crippen LogP contribution in [-0.2, 0) is 0 Å². The minimum atomic E-state index is -0.395. The lowest BCUT2D eigenvalue weighted by molar-refractivity contribution is -0.384. The first-order chi connectivity index (χ1) is 13.6. The zero-order valence-corrected chi connectivity index (χ0v) is 16.0. The number of nitro benzene ring substituents is 1. The highest BCUT2D eigenvalue weighted by molar-refractivity contribution is 7.98. The first-order valence-electron chi connectivity index (χ1n) is 8.47. The van der Waals surface area contributed by atoms with Crippen LogP contribution in [0, 0.1) is 10.1 Å². The molecule has 0 aliphatic carbocycles. The molecule has 8 nitrogen and oxygen atoms in total. The Bertz CT molecular complexity index is 1060. The Morgan fingerprint density at radius 2 is 2.04 bits per heavy atom. The number of thioether (sulfide) groups is 1. The van der Waals surface area contributed by atoms with Gasteiger partial charge in [-0.1, -0.05) is 23.9 Å². The zero-order valence-electron chi connectivity index (χ0n) is 15.2. The monoisotopic (exact) mass is 395 g/mol. The van der Waals surface area contributed by atoms with Crippen LogP contribution in [0.25, 0.3) is 5.70 Å². The summed E-state index contributed by atoms with van der Waals surface area (Å²) in [5.74, 6) is 1.36. The van der Waals surface area contributed by atoms with Gasteiger partial charge in [0.15, 0.2) is 0 Å². The number of allylic oxidation sites excluding steroid dienone is 1. The molecule has 0 saturated heterocycles. The molecule has 0 spiro atoms. The van der Waals surface area contributed by atoms with Crippen LogP contribution in [0.1, 0.15) is 17.2 Å². The average Bonchev–Trinajstić information content (AvgIpc) is 3.16. The molecule has 142 valence electrons. The van der Waals surface area contributed by atoms with Crippen molar-refractivity contribution in [2.75, 3.05) is 18.7 Å². The Kier molecular flexibility index (Phi) is 4.74. The second kappa shape index (κ2) is 7.35. The summed E-state index contributed by atoms with van der Waals surface area (Å²) in [5, 5.41) is 19.7. The second-order valence-corrected chi connectivity index (χ2v) is 6.87. The molecule has 1 aromatic heterocycles. The van der Waals surface area contributed by atoms with Gasteiger partial charge in [-0.25, -0.2) is 4.68 Å². The number of methoxy groups -OCH3 is 1. The van der Waals surface area contributed by atoms with Gasteiger partial charge in [0.2, 0.25) is 11.1 Å². The van der Waals surface area contributed by atoms with Gasteiger partial charge in [0.25, 0.3) is 5.69 Å². The van der Waals surface area contributed by atoms with Gasteiger partial charge in [0.1, 0.15) is 11.8 Å². The Balaban J connectivity index is 1.81. The van der Waals surface area contributed by atoms with E-state index in [-0.39, 0.29) is 11.7 Å². The Labute approximate surface area is 165 Å². The molecule has 0 bridgehead atoms. The van der Waals surface area contributed by atoms with Crippen molar-refractivity contribution in [3.8, 4) is 5.75 Å². The van der Waals surface area contributed by atoms with Gasteiger partial charge < -0.3 is 10.1 Å². The molecule has 1 aliphatic heterocycles. The van der Waals surface area contributed by atoms with E-state index in [9.17, 15) is 10.1 Å². The van der Waals surface area contributed by atoms with Crippen molar-refractivity contribution in [2.45, 2.75) is 11.2 Å². The van der Waals surface area contributed by atoms with Crippen molar-refractivity contribution in [2.24, 2.45) is 0 Å². The number of nitrogens with one attached hydrogen (secondary N) is 1. The average molecular weight is 395 g/mol. The summed E-state index contributed by atoms with van der Waals surface area (Å²) in [5.41, 5.74) is 2.62. The molecule has 28 heavy (non-hydrogen) atoms. The summed E-state index contributed by atoms with van der Waals surface area (Å²) in [6, 6.07) is 13.9. The molecular formula is C19H17N5O3S. The van der Waals surface area contributed by atoms with Gasteiger partial charge in [-0.05, 0) is 47.7 Å². The van der Waals surface area contributed by atoms with Crippen molar-refractivity contribution >= 4 is 29.1 Å². The smallest absolute Gasteiger partial charge is 0.269 e. The van der Waals surface area contributed by atoms with Crippen molar-refractivity contribution < 1.29 is 9.66 Å². The van der Waals surface area contributed by atoms with E-state index >= 15 is 0 Å².